The van der Waals surface area contributed by atoms with Gasteiger partial charge in [-0.05, 0) is 28.1 Å². The van der Waals surface area contributed by atoms with Crippen molar-refractivity contribution in [2.75, 3.05) is 5.32 Å². The molecule has 2 rings (SSSR count). The number of halogens is 3. The van der Waals surface area contributed by atoms with Gasteiger partial charge in [0.25, 0.3) is 0 Å². The third-order valence-electron chi connectivity index (χ3n) is 2.68. The fourth-order valence-corrected chi connectivity index (χ4v) is 2.25. The molecule has 20 heavy (non-hydrogen) atoms. The summed E-state index contributed by atoms with van der Waals surface area (Å²) in [5.41, 5.74) is 0.365. The average molecular weight is 360 g/mol. The number of nitrogens with zero attached hydrogens (tertiary/aromatic N) is 1. The molecule has 0 unspecified atom stereocenters. The molecule has 0 heterocycles. The van der Waals surface area contributed by atoms with Crippen LogP contribution in [0.3, 0.4) is 0 Å². The Morgan fingerprint density at radius 3 is 2.70 bits per heavy atom. The summed E-state index contributed by atoms with van der Waals surface area (Å²) in [6, 6.07) is 9.31. The summed E-state index contributed by atoms with van der Waals surface area (Å²) in [4.78, 5) is 9.93. The van der Waals surface area contributed by atoms with Crippen LogP contribution in [-0.2, 0) is 6.54 Å². The first-order valence-corrected chi connectivity index (χ1v) is 6.77. The number of nitro groups is 1. The van der Waals surface area contributed by atoms with Gasteiger partial charge in [0, 0.05) is 18.2 Å². The van der Waals surface area contributed by atoms with Gasteiger partial charge < -0.3 is 5.32 Å². The fourth-order valence-electron chi connectivity index (χ4n) is 1.67. The Morgan fingerprint density at radius 1 is 1.30 bits per heavy atom. The Bertz CT molecular complexity index is 667. The molecule has 0 radical (unpaired) electrons. The predicted molar refractivity (Wildman–Crippen MR) is 79.5 cm³/mol. The monoisotopic (exact) mass is 358 g/mol. The van der Waals surface area contributed by atoms with E-state index in [-0.39, 0.29) is 12.1 Å². The molecule has 7 heteroatoms. The molecule has 2 aromatic carbocycles. The minimum atomic E-state index is -0.830. The Hall–Kier alpha value is -1.66. The van der Waals surface area contributed by atoms with Crippen molar-refractivity contribution in [1.29, 1.82) is 0 Å². The van der Waals surface area contributed by atoms with Gasteiger partial charge in [-0.25, -0.2) is 0 Å². The van der Waals surface area contributed by atoms with Crippen LogP contribution in [0, 0.1) is 15.9 Å². The van der Waals surface area contributed by atoms with E-state index >= 15 is 0 Å². The van der Waals surface area contributed by atoms with Crippen LogP contribution in [0.25, 0.3) is 0 Å². The van der Waals surface area contributed by atoms with Crippen molar-refractivity contribution in [2.24, 2.45) is 0 Å². The smallest absolute Gasteiger partial charge is 0.305 e. The molecule has 0 aliphatic rings. The molecule has 1 N–H and O–H groups in total. The third kappa shape index (κ3) is 3.08. The maximum absolute atomic E-state index is 13.9. The van der Waals surface area contributed by atoms with Crippen molar-refractivity contribution in [3.05, 3.63) is 67.4 Å². The molecule has 0 bridgehead atoms. The SMILES string of the molecule is O=[N+]([O-])c1cccc(CNc2cccc(Cl)c2Br)c1F. The zero-order valence-electron chi connectivity index (χ0n) is 10.1. The van der Waals surface area contributed by atoms with Crippen LogP contribution in [0.5, 0.6) is 0 Å². The molecule has 0 amide bonds. The number of anilines is 1. The average Bonchev–Trinajstić information content (AvgIpc) is 2.41. The van der Waals surface area contributed by atoms with Crippen LogP contribution in [0.2, 0.25) is 5.02 Å². The van der Waals surface area contributed by atoms with E-state index in [4.69, 9.17) is 11.6 Å². The van der Waals surface area contributed by atoms with Gasteiger partial charge in [0.05, 0.1) is 20.1 Å². The summed E-state index contributed by atoms with van der Waals surface area (Å²) >= 11 is 9.26. The summed E-state index contributed by atoms with van der Waals surface area (Å²) < 4.78 is 14.5. The lowest BCUT2D eigenvalue weighted by atomic mass is 10.2. The van der Waals surface area contributed by atoms with Crippen molar-refractivity contribution in [1.82, 2.24) is 0 Å². The van der Waals surface area contributed by atoms with E-state index in [0.29, 0.717) is 15.2 Å². The van der Waals surface area contributed by atoms with Gasteiger partial charge in [-0.2, -0.15) is 4.39 Å². The van der Waals surface area contributed by atoms with Crippen molar-refractivity contribution in [3.63, 3.8) is 0 Å². The number of nitro benzene ring substituents is 1. The molecule has 0 saturated carbocycles. The van der Waals surface area contributed by atoms with Crippen LogP contribution in [0.4, 0.5) is 15.8 Å². The molecule has 0 aromatic heterocycles. The van der Waals surface area contributed by atoms with Crippen LogP contribution >= 0.6 is 27.5 Å². The molecular formula is C13H9BrClFN2O2. The van der Waals surface area contributed by atoms with Gasteiger partial charge in [0.15, 0.2) is 0 Å². The van der Waals surface area contributed by atoms with Crippen LogP contribution in [-0.4, -0.2) is 4.92 Å². The van der Waals surface area contributed by atoms with Gasteiger partial charge in [-0.15, -0.1) is 0 Å². The van der Waals surface area contributed by atoms with E-state index in [1.165, 1.54) is 12.1 Å². The first kappa shape index (κ1) is 14.7. The van der Waals surface area contributed by atoms with E-state index < -0.39 is 16.4 Å². The van der Waals surface area contributed by atoms with Gasteiger partial charge >= 0.3 is 5.69 Å². The lowest BCUT2D eigenvalue weighted by Gasteiger charge is -2.10. The maximum Gasteiger partial charge on any atom is 0.305 e. The highest BCUT2D eigenvalue weighted by Gasteiger charge is 2.17. The number of nitrogens with one attached hydrogen (secondary N) is 1. The minimum absolute atomic E-state index is 0.118. The van der Waals surface area contributed by atoms with Gasteiger partial charge in [0.2, 0.25) is 5.82 Å². The molecule has 0 fully saturated rings. The number of rotatable bonds is 4. The third-order valence-corrected chi connectivity index (χ3v) is 4.07. The summed E-state index contributed by atoms with van der Waals surface area (Å²) in [7, 11) is 0. The Kier molecular flexibility index (Phi) is 4.57. The second kappa shape index (κ2) is 6.19. The second-order valence-electron chi connectivity index (χ2n) is 3.96. The molecule has 2 aromatic rings. The molecule has 4 nitrogen and oxygen atoms in total. The zero-order chi connectivity index (χ0) is 14.7. The quantitative estimate of drug-likeness (QED) is 0.632. The number of benzene rings is 2. The maximum atomic E-state index is 13.9. The molecule has 0 aliphatic carbocycles. The van der Waals surface area contributed by atoms with E-state index in [0.717, 1.165) is 6.07 Å². The fraction of sp³-hybridized carbons (Fsp3) is 0.0769. The van der Waals surface area contributed by atoms with Crippen molar-refractivity contribution in [2.45, 2.75) is 6.54 Å². The van der Waals surface area contributed by atoms with Crippen molar-refractivity contribution in [3.8, 4) is 0 Å². The first-order chi connectivity index (χ1) is 9.50. The van der Waals surface area contributed by atoms with Gasteiger partial charge in [-0.3, -0.25) is 10.1 Å². The topological polar surface area (TPSA) is 55.2 Å². The standard InChI is InChI=1S/C13H9BrClFN2O2/c14-12-9(15)4-2-5-10(12)17-7-8-3-1-6-11(13(8)16)18(19)20/h1-6,17H,7H2. The zero-order valence-corrected chi connectivity index (χ0v) is 12.4. The summed E-state index contributed by atoms with van der Waals surface area (Å²) in [6.45, 7) is 0.118. The Morgan fingerprint density at radius 2 is 2.00 bits per heavy atom. The van der Waals surface area contributed by atoms with E-state index in [9.17, 15) is 14.5 Å². The van der Waals surface area contributed by atoms with E-state index in [2.05, 4.69) is 21.2 Å². The lowest BCUT2D eigenvalue weighted by Crippen LogP contribution is -2.04. The normalized spacial score (nSPS) is 10.3. The van der Waals surface area contributed by atoms with Gasteiger partial charge in [0.1, 0.15) is 0 Å². The van der Waals surface area contributed by atoms with Crippen LogP contribution in [0.1, 0.15) is 5.56 Å². The van der Waals surface area contributed by atoms with Crippen molar-refractivity contribution < 1.29 is 9.31 Å². The molecule has 0 spiro atoms. The van der Waals surface area contributed by atoms with Crippen LogP contribution in [0.15, 0.2) is 40.9 Å². The number of hydrogen-bond donors (Lipinski definition) is 1. The van der Waals surface area contributed by atoms with Crippen molar-refractivity contribution >= 4 is 38.9 Å². The summed E-state index contributed by atoms with van der Waals surface area (Å²) in [5, 5.41) is 14.2. The lowest BCUT2D eigenvalue weighted by molar-refractivity contribution is -0.387. The van der Waals surface area contributed by atoms with Crippen LogP contribution < -0.4 is 5.32 Å². The Balaban J connectivity index is 2.21. The molecular weight excluding hydrogens is 351 g/mol. The summed E-state index contributed by atoms with van der Waals surface area (Å²) in [5.74, 6) is -0.830. The minimum Gasteiger partial charge on any atom is -0.380 e. The first-order valence-electron chi connectivity index (χ1n) is 5.60. The van der Waals surface area contributed by atoms with E-state index in [1.54, 1.807) is 18.2 Å². The highest BCUT2D eigenvalue weighted by molar-refractivity contribution is 9.10. The van der Waals surface area contributed by atoms with E-state index in [1.807, 2.05) is 0 Å². The predicted octanol–water partition coefficient (Wildman–Crippen LogP) is 4.76. The Labute approximate surface area is 127 Å². The largest absolute Gasteiger partial charge is 0.380 e. The molecule has 104 valence electrons. The molecule has 0 saturated heterocycles. The molecule has 0 atom stereocenters. The highest BCUT2D eigenvalue weighted by atomic mass is 79.9. The van der Waals surface area contributed by atoms with Gasteiger partial charge in [-0.1, -0.05) is 29.8 Å². The second-order valence-corrected chi connectivity index (χ2v) is 5.16. The highest BCUT2D eigenvalue weighted by Crippen LogP contribution is 2.30. The number of hydrogen-bond acceptors (Lipinski definition) is 3. The molecule has 0 aliphatic heterocycles. The summed E-state index contributed by atoms with van der Waals surface area (Å²) in [6.07, 6.45) is 0.